The van der Waals surface area contributed by atoms with E-state index in [1.54, 1.807) is 7.11 Å². The molecule has 0 saturated carbocycles. The van der Waals surface area contributed by atoms with Crippen LogP contribution in [0.5, 0.6) is 0 Å². The Kier molecular flexibility index (Phi) is 11.4. The highest BCUT2D eigenvalue weighted by molar-refractivity contribution is 5.77. The summed E-state index contributed by atoms with van der Waals surface area (Å²) in [6.07, 6.45) is 6.11. The van der Waals surface area contributed by atoms with Gasteiger partial charge in [-0.25, -0.2) is 0 Å². The maximum absolute atomic E-state index is 11.9. The Morgan fingerprint density at radius 3 is 2.15 bits per heavy atom. The van der Waals surface area contributed by atoms with Gasteiger partial charge >= 0.3 is 5.97 Å². The minimum atomic E-state index is -0.279. The quantitative estimate of drug-likeness (QED) is 0.406. The Labute approximate surface area is 123 Å². The fraction of sp³-hybridized carbons (Fsp3) is 0.875. The SMILES string of the molecule is CCCCC[C@@H](CC(=O)O[C@@H](CCC)CC(C)=O)OC. The number of hydrogen-bond acceptors (Lipinski definition) is 4. The van der Waals surface area contributed by atoms with E-state index in [4.69, 9.17) is 9.47 Å². The van der Waals surface area contributed by atoms with Crippen LogP contribution in [0.1, 0.15) is 72.1 Å². The van der Waals surface area contributed by atoms with Crippen molar-refractivity contribution in [3.05, 3.63) is 0 Å². The van der Waals surface area contributed by atoms with Crippen molar-refractivity contribution < 1.29 is 19.1 Å². The third kappa shape index (κ3) is 9.96. The molecule has 0 unspecified atom stereocenters. The highest BCUT2D eigenvalue weighted by Gasteiger charge is 2.19. The van der Waals surface area contributed by atoms with Crippen LogP contribution in [0.15, 0.2) is 0 Å². The van der Waals surface area contributed by atoms with E-state index in [0.717, 1.165) is 38.5 Å². The fourth-order valence-corrected chi connectivity index (χ4v) is 2.19. The van der Waals surface area contributed by atoms with E-state index in [1.807, 2.05) is 6.92 Å². The van der Waals surface area contributed by atoms with Gasteiger partial charge in [-0.15, -0.1) is 0 Å². The number of ether oxygens (including phenoxy) is 2. The molecule has 0 aliphatic rings. The highest BCUT2D eigenvalue weighted by atomic mass is 16.5. The van der Waals surface area contributed by atoms with Crippen molar-refractivity contribution in [1.82, 2.24) is 0 Å². The van der Waals surface area contributed by atoms with E-state index < -0.39 is 0 Å². The van der Waals surface area contributed by atoms with E-state index in [2.05, 4.69) is 6.92 Å². The topological polar surface area (TPSA) is 52.6 Å². The van der Waals surface area contributed by atoms with Crippen LogP contribution in [0.25, 0.3) is 0 Å². The van der Waals surface area contributed by atoms with Crippen LogP contribution in [-0.2, 0) is 19.1 Å². The van der Waals surface area contributed by atoms with Gasteiger partial charge in [0.15, 0.2) is 0 Å². The molecule has 0 radical (unpaired) electrons. The lowest BCUT2D eigenvalue weighted by atomic mass is 10.1. The van der Waals surface area contributed by atoms with Gasteiger partial charge in [-0.05, 0) is 19.8 Å². The van der Waals surface area contributed by atoms with Gasteiger partial charge in [0.05, 0.1) is 12.5 Å². The van der Waals surface area contributed by atoms with Gasteiger partial charge in [0.1, 0.15) is 11.9 Å². The van der Waals surface area contributed by atoms with Crippen molar-refractivity contribution in [2.24, 2.45) is 0 Å². The Hall–Kier alpha value is -0.900. The summed E-state index contributed by atoms with van der Waals surface area (Å²) in [6.45, 7) is 5.69. The number of rotatable bonds is 12. The molecule has 0 rings (SSSR count). The summed E-state index contributed by atoms with van der Waals surface area (Å²) in [6, 6.07) is 0. The molecule has 4 heteroatoms. The van der Waals surface area contributed by atoms with Gasteiger partial charge in [-0.1, -0.05) is 39.5 Å². The van der Waals surface area contributed by atoms with Crippen molar-refractivity contribution in [2.75, 3.05) is 7.11 Å². The number of hydrogen-bond donors (Lipinski definition) is 0. The lowest BCUT2D eigenvalue weighted by Gasteiger charge is -2.19. The van der Waals surface area contributed by atoms with Crippen LogP contribution < -0.4 is 0 Å². The summed E-state index contributed by atoms with van der Waals surface area (Å²) in [5.41, 5.74) is 0. The molecule has 0 heterocycles. The zero-order valence-electron chi connectivity index (χ0n) is 13.4. The fourth-order valence-electron chi connectivity index (χ4n) is 2.19. The van der Waals surface area contributed by atoms with Crippen LogP contribution in [0, 0.1) is 0 Å². The standard InChI is InChI=1S/C16H30O4/c1-5-7-8-10-14(19-4)12-16(18)20-15(9-6-2)11-13(3)17/h14-15H,5-12H2,1-4H3/t14-,15-/m0/s1. The number of unbranched alkanes of at least 4 members (excludes halogenated alkanes) is 2. The van der Waals surface area contributed by atoms with Gasteiger partial charge in [0.25, 0.3) is 0 Å². The molecular weight excluding hydrogens is 256 g/mol. The van der Waals surface area contributed by atoms with Gasteiger partial charge < -0.3 is 9.47 Å². The minimum absolute atomic E-state index is 0.0579. The molecule has 0 aromatic rings. The van der Waals surface area contributed by atoms with Gasteiger partial charge in [0.2, 0.25) is 0 Å². The van der Waals surface area contributed by atoms with Crippen LogP contribution >= 0.6 is 0 Å². The zero-order chi connectivity index (χ0) is 15.4. The van der Waals surface area contributed by atoms with Gasteiger partial charge in [-0.2, -0.15) is 0 Å². The van der Waals surface area contributed by atoms with Crippen LogP contribution in [-0.4, -0.2) is 31.1 Å². The summed E-state index contributed by atoms with van der Waals surface area (Å²) < 4.78 is 10.7. The first-order valence-corrected chi connectivity index (χ1v) is 7.75. The number of ketones is 1. The first kappa shape index (κ1) is 19.1. The lowest BCUT2D eigenvalue weighted by molar-refractivity contribution is -0.153. The Morgan fingerprint density at radius 1 is 0.950 bits per heavy atom. The molecule has 0 amide bonds. The van der Waals surface area contributed by atoms with E-state index in [-0.39, 0.29) is 30.4 Å². The molecule has 118 valence electrons. The van der Waals surface area contributed by atoms with Crippen LogP contribution in [0.4, 0.5) is 0 Å². The first-order valence-electron chi connectivity index (χ1n) is 7.75. The average molecular weight is 286 g/mol. The van der Waals surface area contributed by atoms with Gasteiger partial charge in [0, 0.05) is 13.5 Å². The third-order valence-corrected chi connectivity index (χ3v) is 3.28. The zero-order valence-corrected chi connectivity index (χ0v) is 13.4. The second kappa shape index (κ2) is 11.9. The Morgan fingerprint density at radius 2 is 1.65 bits per heavy atom. The molecule has 0 fully saturated rings. The summed E-state index contributed by atoms with van der Waals surface area (Å²) in [7, 11) is 1.63. The largest absolute Gasteiger partial charge is 0.462 e. The molecule has 0 aromatic heterocycles. The van der Waals surface area contributed by atoms with Crippen LogP contribution in [0.2, 0.25) is 0 Å². The normalized spacial score (nSPS) is 13.8. The average Bonchev–Trinajstić information content (AvgIpc) is 2.37. The summed E-state index contributed by atoms with van der Waals surface area (Å²) in [5, 5.41) is 0. The number of carbonyl (C=O) groups excluding carboxylic acids is 2. The number of methoxy groups -OCH3 is 1. The second-order valence-electron chi connectivity index (χ2n) is 5.36. The molecule has 4 nitrogen and oxygen atoms in total. The highest BCUT2D eigenvalue weighted by Crippen LogP contribution is 2.14. The molecule has 0 aromatic carbocycles. The summed E-state index contributed by atoms with van der Waals surface area (Å²) in [5.74, 6) is -0.199. The van der Waals surface area contributed by atoms with E-state index in [0.29, 0.717) is 6.42 Å². The summed E-state index contributed by atoms with van der Waals surface area (Å²) in [4.78, 5) is 23.0. The monoisotopic (exact) mass is 286 g/mol. The molecular formula is C16H30O4. The van der Waals surface area contributed by atoms with Crippen molar-refractivity contribution in [2.45, 2.75) is 84.3 Å². The van der Waals surface area contributed by atoms with Gasteiger partial charge in [-0.3, -0.25) is 9.59 Å². The van der Waals surface area contributed by atoms with Crippen molar-refractivity contribution in [3.8, 4) is 0 Å². The van der Waals surface area contributed by atoms with Crippen molar-refractivity contribution in [1.29, 1.82) is 0 Å². The minimum Gasteiger partial charge on any atom is -0.462 e. The maximum atomic E-state index is 11.9. The smallest absolute Gasteiger partial charge is 0.308 e. The summed E-state index contributed by atoms with van der Waals surface area (Å²) >= 11 is 0. The number of esters is 1. The molecule has 0 aliphatic carbocycles. The maximum Gasteiger partial charge on any atom is 0.308 e. The first-order chi connectivity index (χ1) is 9.53. The third-order valence-electron chi connectivity index (χ3n) is 3.28. The number of carbonyl (C=O) groups is 2. The molecule has 20 heavy (non-hydrogen) atoms. The molecule has 0 bridgehead atoms. The predicted octanol–water partition coefficient (Wildman–Crippen LogP) is 3.66. The molecule has 0 N–H and O–H groups in total. The van der Waals surface area contributed by atoms with Crippen molar-refractivity contribution in [3.63, 3.8) is 0 Å². The number of Topliss-reactive ketones (excluding diaryl/α,β-unsaturated/α-hetero) is 1. The predicted molar refractivity (Wildman–Crippen MR) is 79.6 cm³/mol. The second-order valence-corrected chi connectivity index (χ2v) is 5.36. The van der Waals surface area contributed by atoms with Crippen LogP contribution in [0.3, 0.4) is 0 Å². The Balaban J connectivity index is 4.16. The molecule has 2 atom stereocenters. The Bertz CT molecular complexity index is 276. The van der Waals surface area contributed by atoms with E-state index in [9.17, 15) is 9.59 Å². The molecule has 0 saturated heterocycles. The van der Waals surface area contributed by atoms with E-state index >= 15 is 0 Å². The molecule has 0 aliphatic heterocycles. The van der Waals surface area contributed by atoms with Crippen molar-refractivity contribution >= 4 is 11.8 Å². The van der Waals surface area contributed by atoms with E-state index in [1.165, 1.54) is 6.92 Å². The lowest BCUT2D eigenvalue weighted by Crippen LogP contribution is -2.24. The molecule has 0 spiro atoms.